The van der Waals surface area contributed by atoms with Crippen LogP contribution in [0.1, 0.15) is 48.3 Å². The minimum Gasteiger partial charge on any atom is -0.366 e. The van der Waals surface area contributed by atoms with Gasteiger partial charge < -0.3 is 16.4 Å². The Labute approximate surface area is 152 Å². The van der Waals surface area contributed by atoms with Crippen molar-refractivity contribution < 1.29 is 14.9 Å². The molecule has 134 valence electrons. The summed E-state index contributed by atoms with van der Waals surface area (Å²) in [6, 6.07) is 10.4. The van der Waals surface area contributed by atoms with Gasteiger partial charge in [-0.2, -0.15) is 0 Å². The molecule has 1 aromatic carbocycles. The van der Waals surface area contributed by atoms with Gasteiger partial charge in [0.2, 0.25) is 0 Å². The van der Waals surface area contributed by atoms with Gasteiger partial charge in [0.25, 0.3) is 11.8 Å². The van der Waals surface area contributed by atoms with Crippen molar-refractivity contribution in [2.45, 2.75) is 33.2 Å². The Bertz CT molecular complexity index is 723. The van der Waals surface area contributed by atoms with Crippen molar-refractivity contribution in [2.75, 3.05) is 11.9 Å². The van der Waals surface area contributed by atoms with Crippen molar-refractivity contribution in [1.82, 2.24) is 0 Å². The van der Waals surface area contributed by atoms with E-state index in [-0.39, 0.29) is 18.5 Å². The lowest BCUT2D eigenvalue weighted by molar-refractivity contribution is -0.692. The molecule has 1 atom stereocenters. The number of primary amides is 1. The van der Waals surface area contributed by atoms with Gasteiger partial charge in [0.1, 0.15) is 11.0 Å². The SMILES string of the molecule is CCc1ccc([C@@H]([NH2+]CC(=O)Nc2sccc2C(N)=O)C(C)C)cc1. The third kappa shape index (κ3) is 5.14. The van der Waals surface area contributed by atoms with Gasteiger partial charge in [-0.05, 0) is 23.4 Å². The molecule has 0 radical (unpaired) electrons. The Morgan fingerprint density at radius 2 is 1.88 bits per heavy atom. The second kappa shape index (κ2) is 8.78. The molecule has 0 spiro atoms. The van der Waals surface area contributed by atoms with E-state index in [2.05, 4.69) is 50.4 Å². The van der Waals surface area contributed by atoms with Gasteiger partial charge in [-0.3, -0.25) is 9.59 Å². The summed E-state index contributed by atoms with van der Waals surface area (Å²) in [5, 5.41) is 7.08. The van der Waals surface area contributed by atoms with Crippen molar-refractivity contribution in [2.24, 2.45) is 11.7 Å². The third-order valence-corrected chi connectivity index (χ3v) is 5.06. The molecule has 0 aliphatic heterocycles. The van der Waals surface area contributed by atoms with E-state index in [4.69, 9.17) is 5.73 Å². The molecule has 0 unspecified atom stereocenters. The molecule has 0 fully saturated rings. The van der Waals surface area contributed by atoms with Crippen LogP contribution in [-0.4, -0.2) is 18.4 Å². The molecular weight excluding hydrogens is 334 g/mol. The van der Waals surface area contributed by atoms with Gasteiger partial charge in [-0.1, -0.05) is 45.0 Å². The number of hydrogen-bond donors (Lipinski definition) is 3. The van der Waals surface area contributed by atoms with Crippen LogP contribution in [0.2, 0.25) is 0 Å². The zero-order valence-electron chi connectivity index (χ0n) is 14.9. The van der Waals surface area contributed by atoms with Gasteiger partial charge in [0.15, 0.2) is 6.54 Å². The quantitative estimate of drug-likeness (QED) is 0.674. The van der Waals surface area contributed by atoms with Gasteiger partial charge in [-0.15, -0.1) is 11.3 Å². The minimum absolute atomic E-state index is 0.138. The number of amides is 2. The molecule has 0 aliphatic carbocycles. The molecule has 6 heteroatoms. The first-order chi connectivity index (χ1) is 11.9. The lowest BCUT2D eigenvalue weighted by atomic mass is 9.95. The Hall–Kier alpha value is -2.18. The van der Waals surface area contributed by atoms with Crippen LogP contribution in [0.15, 0.2) is 35.7 Å². The van der Waals surface area contributed by atoms with Crippen LogP contribution in [-0.2, 0) is 11.2 Å². The fraction of sp³-hybridized carbons (Fsp3) is 0.368. The number of aryl methyl sites for hydroxylation is 1. The van der Waals surface area contributed by atoms with Crippen LogP contribution >= 0.6 is 11.3 Å². The highest BCUT2D eigenvalue weighted by molar-refractivity contribution is 7.14. The van der Waals surface area contributed by atoms with Crippen LogP contribution < -0.4 is 16.4 Å². The summed E-state index contributed by atoms with van der Waals surface area (Å²) in [4.78, 5) is 23.6. The second-order valence-electron chi connectivity index (χ2n) is 6.38. The fourth-order valence-electron chi connectivity index (χ4n) is 2.78. The summed E-state index contributed by atoms with van der Waals surface area (Å²) < 4.78 is 0. The number of thiophene rings is 1. The summed E-state index contributed by atoms with van der Waals surface area (Å²) in [6.07, 6.45) is 1.02. The van der Waals surface area contributed by atoms with E-state index in [0.29, 0.717) is 16.5 Å². The summed E-state index contributed by atoms with van der Waals surface area (Å²) in [5.41, 5.74) is 8.18. The van der Waals surface area contributed by atoms with Crippen LogP contribution in [0.5, 0.6) is 0 Å². The van der Waals surface area contributed by atoms with Gasteiger partial charge in [0, 0.05) is 11.5 Å². The van der Waals surface area contributed by atoms with Crippen LogP contribution in [0.25, 0.3) is 0 Å². The monoisotopic (exact) mass is 360 g/mol. The van der Waals surface area contributed by atoms with Gasteiger partial charge in [-0.25, -0.2) is 0 Å². The van der Waals surface area contributed by atoms with E-state index in [1.807, 2.05) is 5.32 Å². The smallest absolute Gasteiger partial charge is 0.280 e. The normalized spacial score (nSPS) is 12.2. The Balaban J connectivity index is 1.99. The van der Waals surface area contributed by atoms with E-state index in [9.17, 15) is 9.59 Å². The maximum Gasteiger partial charge on any atom is 0.280 e. The van der Waals surface area contributed by atoms with E-state index in [1.165, 1.54) is 22.5 Å². The number of hydrogen-bond acceptors (Lipinski definition) is 3. The maximum absolute atomic E-state index is 12.3. The van der Waals surface area contributed by atoms with E-state index in [0.717, 1.165) is 6.42 Å². The molecule has 2 amide bonds. The lowest BCUT2D eigenvalue weighted by Crippen LogP contribution is -2.88. The van der Waals surface area contributed by atoms with Crippen molar-refractivity contribution in [3.63, 3.8) is 0 Å². The molecule has 1 aromatic heterocycles. The topological polar surface area (TPSA) is 88.8 Å². The highest BCUT2D eigenvalue weighted by Crippen LogP contribution is 2.22. The molecule has 1 heterocycles. The maximum atomic E-state index is 12.3. The summed E-state index contributed by atoms with van der Waals surface area (Å²) in [5.74, 6) is -0.277. The van der Waals surface area contributed by atoms with E-state index in [1.54, 1.807) is 11.4 Å². The highest BCUT2D eigenvalue weighted by Gasteiger charge is 2.21. The number of rotatable bonds is 8. The number of nitrogens with two attached hydrogens (primary N) is 2. The second-order valence-corrected chi connectivity index (χ2v) is 7.30. The molecule has 25 heavy (non-hydrogen) atoms. The van der Waals surface area contributed by atoms with Gasteiger partial charge in [0.05, 0.1) is 5.56 Å². The summed E-state index contributed by atoms with van der Waals surface area (Å²) in [7, 11) is 0. The zero-order chi connectivity index (χ0) is 18.4. The number of nitrogens with one attached hydrogen (secondary N) is 1. The Kier molecular flexibility index (Phi) is 6.73. The summed E-state index contributed by atoms with van der Waals surface area (Å²) >= 11 is 1.30. The Morgan fingerprint density at radius 3 is 2.44 bits per heavy atom. The minimum atomic E-state index is -0.531. The molecule has 2 rings (SSSR count). The first-order valence-electron chi connectivity index (χ1n) is 8.51. The Morgan fingerprint density at radius 1 is 1.20 bits per heavy atom. The number of anilines is 1. The zero-order valence-corrected chi connectivity index (χ0v) is 15.7. The number of carbonyl (C=O) groups excluding carboxylic acids is 2. The van der Waals surface area contributed by atoms with Crippen LogP contribution in [0.3, 0.4) is 0 Å². The van der Waals surface area contributed by atoms with Crippen molar-refractivity contribution in [1.29, 1.82) is 0 Å². The number of quaternary nitrogens is 1. The average molecular weight is 361 g/mol. The molecule has 0 aliphatic rings. The number of carbonyl (C=O) groups is 2. The molecule has 0 bridgehead atoms. The average Bonchev–Trinajstić information content (AvgIpc) is 3.03. The van der Waals surface area contributed by atoms with Crippen LogP contribution in [0.4, 0.5) is 5.00 Å². The standard InChI is InChI=1S/C19H25N3O2S/c1-4-13-5-7-14(8-6-13)17(12(2)3)21-11-16(23)22-19-15(18(20)24)9-10-25-19/h5-10,12,17,21H,4,11H2,1-3H3,(H2,20,24)(H,22,23)/p+1/t17-/m0/s1. The van der Waals surface area contributed by atoms with Crippen molar-refractivity contribution in [3.8, 4) is 0 Å². The molecular formula is C19H26N3O2S+. The van der Waals surface area contributed by atoms with Gasteiger partial charge >= 0.3 is 0 Å². The first-order valence-corrected chi connectivity index (χ1v) is 9.39. The largest absolute Gasteiger partial charge is 0.366 e. The molecule has 5 nitrogen and oxygen atoms in total. The highest BCUT2D eigenvalue weighted by atomic mass is 32.1. The molecule has 2 aromatic rings. The van der Waals surface area contributed by atoms with Crippen molar-refractivity contribution in [3.05, 3.63) is 52.4 Å². The predicted molar refractivity (Wildman–Crippen MR) is 102 cm³/mol. The first kappa shape index (κ1) is 19.1. The molecule has 5 N–H and O–H groups in total. The molecule has 0 saturated heterocycles. The van der Waals surface area contributed by atoms with E-state index < -0.39 is 5.91 Å². The van der Waals surface area contributed by atoms with Crippen molar-refractivity contribution >= 4 is 28.2 Å². The lowest BCUT2D eigenvalue weighted by Gasteiger charge is -2.19. The van der Waals surface area contributed by atoms with Crippen LogP contribution in [0, 0.1) is 5.92 Å². The predicted octanol–water partition coefficient (Wildman–Crippen LogP) is 2.31. The molecule has 0 saturated carbocycles. The third-order valence-electron chi connectivity index (χ3n) is 4.23. The van der Waals surface area contributed by atoms with E-state index >= 15 is 0 Å². The number of benzene rings is 1. The summed E-state index contributed by atoms with van der Waals surface area (Å²) in [6.45, 7) is 6.72. The fourth-order valence-corrected chi connectivity index (χ4v) is 3.59.